The van der Waals surface area contributed by atoms with Crippen LogP contribution in [0.2, 0.25) is 0 Å². The van der Waals surface area contributed by atoms with Gasteiger partial charge in [-0.3, -0.25) is 0 Å². The Kier molecular flexibility index (Phi) is 3.20. The molecule has 0 fully saturated rings. The Balaban J connectivity index is 2.18. The molecule has 3 heteroatoms. The Hall–Kier alpha value is -0.800. The third-order valence-electron chi connectivity index (χ3n) is 3.41. The molecule has 0 saturated heterocycles. The molecule has 0 nitrogen and oxygen atoms in total. The van der Waals surface area contributed by atoms with Gasteiger partial charge in [-0.25, -0.2) is 4.39 Å². The van der Waals surface area contributed by atoms with Gasteiger partial charge in [0.1, 0.15) is 5.82 Å². The molecule has 1 aliphatic rings. The first-order chi connectivity index (χ1) is 8.66. The van der Waals surface area contributed by atoms with Gasteiger partial charge in [-0.1, -0.05) is 41.1 Å². The Morgan fingerprint density at radius 3 is 2.89 bits per heavy atom. The lowest BCUT2D eigenvalue weighted by Crippen LogP contribution is -1.99. The van der Waals surface area contributed by atoms with Gasteiger partial charge >= 0.3 is 0 Å². The molecule has 0 N–H and O–H groups in total. The SMILES string of the molecule is CC1c2ccc(Br)cc2CSc2c(F)cccc21. The van der Waals surface area contributed by atoms with Gasteiger partial charge in [0.25, 0.3) is 0 Å². The summed E-state index contributed by atoms with van der Waals surface area (Å²) in [7, 11) is 0. The first kappa shape index (κ1) is 12.2. The second-order valence-electron chi connectivity index (χ2n) is 4.51. The molecule has 92 valence electrons. The maximum Gasteiger partial charge on any atom is 0.137 e. The van der Waals surface area contributed by atoms with E-state index in [4.69, 9.17) is 0 Å². The minimum absolute atomic E-state index is 0.101. The van der Waals surface area contributed by atoms with Crippen molar-refractivity contribution in [1.82, 2.24) is 0 Å². The molecule has 0 spiro atoms. The molecule has 0 radical (unpaired) electrons. The number of rotatable bonds is 0. The summed E-state index contributed by atoms with van der Waals surface area (Å²) < 4.78 is 15.0. The van der Waals surface area contributed by atoms with Gasteiger partial charge in [0.05, 0.1) is 0 Å². The number of hydrogen-bond donors (Lipinski definition) is 0. The maximum atomic E-state index is 13.9. The molecule has 0 aliphatic carbocycles. The number of fused-ring (bicyclic) bond motifs is 2. The molecule has 0 saturated carbocycles. The molecule has 0 aromatic heterocycles. The molecule has 2 aromatic carbocycles. The average molecular weight is 323 g/mol. The molecule has 3 rings (SSSR count). The minimum atomic E-state index is -0.101. The number of halogens is 2. The quantitative estimate of drug-likeness (QED) is 0.630. The van der Waals surface area contributed by atoms with Gasteiger partial charge in [0, 0.05) is 21.0 Å². The summed E-state index contributed by atoms with van der Waals surface area (Å²) in [5, 5.41) is 0. The first-order valence-corrected chi connectivity index (χ1v) is 7.64. The summed E-state index contributed by atoms with van der Waals surface area (Å²) in [4.78, 5) is 0.803. The Morgan fingerprint density at radius 2 is 2.06 bits per heavy atom. The number of thioether (sulfide) groups is 1. The molecule has 1 heterocycles. The summed E-state index contributed by atoms with van der Waals surface area (Å²) in [6.45, 7) is 2.15. The molecule has 0 bridgehead atoms. The summed E-state index contributed by atoms with van der Waals surface area (Å²) in [5.41, 5.74) is 3.69. The summed E-state index contributed by atoms with van der Waals surface area (Å²) >= 11 is 5.10. The Bertz CT molecular complexity index is 609. The van der Waals surface area contributed by atoms with Crippen molar-refractivity contribution >= 4 is 27.7 Å². The van der Waals surface area contributed by atoms with Crippen molar-refractivity contribution in [2.45, 2.75) is 23.5 Å². The van der Waals surface area contributed by atoms with E-state index >= 15 is 0 Å². The highest BCUT2D eigenvalue weighted by Crippen LogP contribution is 2.42. The first-order valence-electron chi connectivity index (χ1n) is 5.86. The summed E-state index contributed by atoms with van der Waals surface area (Å²) in [6, 6.07) is 11.7. The van der Waals surface area contributed by atoms with E-state index < -0.39 is 0 Å². The number of hydrogen-bond acceptors (Lipinski definition) is 1. The van der Waals surface area contributed by atoms with Crippen LogP contribution in [0.15, 0.2) is 45.8 Å². The van der Waals surface area contributed by atoms with Gasteiger partial charge < -0.3 is 0 Å². The highest BCUT2D eigenvalue weighted by molar-refractivity contribution is 9.10. The van der Waals surface area contributed by atoms with E-state index in [0.717, 1.165) is 20.7 Å². The van der Waals surface area contributed by atoms with Gasteiger partial charge in [-0.2, -0.15) is 0 Å². The second-order valence-corrected chi connectivity index (χ2v) is 6.41. The van der Waals surface area contributed by atoms with Crippen LogP contribution in [-0.2, 0) is 5.75 Å². The standard InChI is InChI=1S/C15H12BrFS/c1-9-12-6-5-11(16)7-10(12)8-18-15-13(9)3-2-4-14(15)17/h2-7,9H,8H2,1H3. The third kappa shape index (κ3) is 1.99. The van der Waals surface area contributed by atoms with E-state index in [1.807, 2.05) is 6.07 Å². The van der Waals surface area contributed by atoms with Gasteiger partial charge in [-0.15, -0.1) is 11.8 Å². The molecule has 0 amide bonds. The zero-order chi connectivity index (χ0) is 12.7. The lowest BCUT2D eigenvalue weighted by molar-refractivity contribution is 0.595. The van der Waals surface area contributed by atoms with Crippen molar-refractivity contribution < 1.29 is 4.39 Å². The summed E-state index contributed by atoms with van der Waals surface area (Å²) in [5.74, 6) is 0.970. The van der Waals surface area contributed by atoms with Crippen molar-refractivity contribution in [2.24, 2.45) is 0 Å². The van der Waals surface area contributed by atoms with Crippen molar-refractivity contribution in [3.05, 3.63) is 63.4 Å². The van der Waals surface area contributed by atoms with Crippen LogP contribution in [0.25, 0.3) is 0 Å². The predicted octanol–water partition coefficient (Wildman–Crippen LogP) is 5.35. The molecular weight excluding hydrogens is 311 g/mol. The zero-order valence-corrected chi connectivity index (χ0v) is 12.3. The fraction of sp³-hybridized carbons (Fsp3) is 0.200. The van der Waals surface area contributed by atoms with Crippen LogP contribution in [-0.4, -0.2) is 0 Å². The van der Waals surface area contributed by atoms with E-state index in [0.29, 0.717) is 0 Å². The van der Waals surface area contributed by atoms with Crippen molar-refractivity contribution in [1.29, 1.82) is 0 Å². The van der Waals surface area contributed by atoms with Crippen LogP contribution >= 0.6 is 27.7 Å². The van der Waals surface area contributed by atoms with Crippen LogP contribution in [0.5, 0.6) is 0 Å². The largest absolute Gasteiger partial charge is 0.206 e. The fourth-order valence-corrected chi connectivity index (χ4v) is 4.03. The monoisotopic (exact) mass is 322 g/mol. The van der Waals surface area contributed by atoms with Gasteiger partial charge in [0.15, 0.2) is 0 Å². The van der Waals surface area contributed by atoms with Crippen LogP contribution in [0.4, 0.5) is 4.39 Å². The van der Waals surface area contributed by atoms with Crippen LogP contribution < -0.4 is 0 Å². The molecule has 18 heavy (non-hydrogen) atoms. The van der Waals surface area contributed by atoms with Crippen LogP contribution in [0.1, 0.15) is 29.5 Å². The average Bonchev–Trinajstić information content (AvgIpc) is 2.49. The second kappa shape index (κ2) is 4.71. The summed E-state index contributed by atoms with van der Waals surface area (Å²) in [6.07, 6.45) is 0. The smallest absolute Gasteiger partial charge is 0.137 e. The molecule has 1 unspecified atom stereocenters. The Morgan fingerprint density at radius 1 is 1.22 bits per heavy atom. The van der Waals surface area contributed by atoms with Crippen LogP contribution in [0.3, 0.4) is 0 Å². The maximum absolute atomic E-state index is 13.9. The normalized spacial score (nSPS) is 17.8. The van der Waals surface area contributed by atoms with Crippen molar-refractivity contribution in [3.63, 3.8) is 0 Å². The van der Waals surface area contributed by atoms with E-state index in [1.54, 1.807) is 23.9 Å². The third-order valence-corrected chi connectivity index (χ3v) is 5.08. The molecule has 1 atom stereocenters. The van der Waals surface area contributed by atoms with E-state index in [2.05, 4.69) is 41.1 Å². The molecule has 1 aliphatic heterocycles. The number of benzene rings is 2. The van der Waals surface area contributed by atoms with Crippen molar-refractivity contribution in [3.8, 4) is 0 Å². The lowest BCUT2D eigenvalue weighted by atomic mass is 9.90. The Labute approximate surface area is 119 Å². The topological polar surface area (TPSA) is 0 Å². The van der Waals surface area contributed by atoms with E-state index in [1.165, 1.54) is 11.1 Å². The van der Waals surface area contributed by atoms with Crippen molar-refractivity contribution in [2.75, 3.05) is 0 Å². The van der Waals surface area contributed by atoms with E-state index in [-0.39, 0.29) is 11.7 Å². The van der Waals surface area contributed by atoms with Gasteiger partial charge in [0.2, 0.25) is 0 Å². The van der Waals surface area contributed by atoms with Gasteiger partial charge in [-0.05, 0) is 34.9 Å². The molecular formula is C15H12BrFS. The van der Waals surface area contributed by atoms with E-state index in [9.17, 15) is 4.39 Å². The minimum Gasteiger partial charge on any atom is -0.206 e. The fourth-order valence-electron chi connectivity index (χ4n) is 2.46. The molecule has 2 aromatic rings. The van der Waals surface area contributed by atoms with Crippen LogP contribution in [0, 0.1) is 5.82 Å². The highest BCUT2D eigenvalue weighted by Gasteiger charge is 2.22. The zero-order valence-electron chi connectivity index (χ0n) is 9.91. The lowest BCUT2D eigenvalue weighted by Gasteiger charge is -2.15. The predicted molar refractivity (Wildman–Crippen MR) is 77.6 cm³/mol. The highest BCUT2D eigenvalue weighted by atomic mass is 79.9.